The molecule has 1 aromatic heterocycles. The second-order valence-electron chi connectivity index (χ2n) is 5.25. The third-order valence-electron chi connectivity index (χ3n) is 3.72. The molecule has 0 radical (unpaired) electrons. The Morgan fingerprint density at radius 2 is 2.22 bits per heavy atom. The molecular formula is C14H17ClN2O. The number of halogens is 1. The van der Waals surface area contributed by atoms with Crippen LogP contribution in [0.4, 0.5) is 0 Å². The zero-order valence-corrected chi connectivity index (χ0v) is 11.2. The minimum Gasteiger partial charge on any atom is -0.440 e. The Morgan fingerprint density at radius 3 is 3.00 bits per heavy atom. The Hall–Kier alpha value is -1.06. The molecule has 96 valence electrons. The highest BCUT2D eigenvalue weighted by Gasteiger charge is 2.25. The van der Waals surface area contributed by atoms with Crippen LogP contribution < -0.4 is 5.73 Å². The standard InChI is InChI=1S/C14H17ClN2O/c1-8-5-10(15)7-12-13(8)18-14(17-12)9-3-2-4-11(16)6-9/h5,7,9,11H,2-4,6,16H2,1H3. The minimum atomic E-state index is 0.281. The van der Waals surface area contributed by atoms with Gasteiger partial charge in [0.1, 0.15) is 5.52 Å². The average molecular weight is 265 g/mol. The van der Waals surface area contributed by atoms with Crippen molar-refractivity contribution in [1.82, 2.24) is 4.98 Å². The summed E-state index contributed by atoms with van der Waals surface area (Å²) in [5.41, 5.74) is 8.77. The summed E-state index contributed by atoms with van der Waals surface area (Å²) >= 11 is 6.04. The number of hydrogen-bond donors (Lipinski definition) is 1. The van der Waals surface area contributed by atoms with Crippen molar-refractivity contribution < 1.29 is 4.42 Å². The van der Waals surface area contributed by atoms with Crippen molar-refractivity contribution in [2.45, 2.75) is 44.6 Å². The molecule has 1 aliphatic rings. The quantitative estimate of drug-likeness (QED) is 0.853. The van der Waals surface area contributed by atoms with Gasteiger partial charge in [0.15, 0.2) is 11.5 Å². The molecular weight excluding hydrogens is 248 g/mol. The first kappa shape index (κ1) is 12.0. The van der Waals surface area contributed by atoms with Crippen molar-refractivity contribution in [3.63, 3.8) is 0 Å². The van der Waals surface area contributed by atoms with Gasteiger partial charge in [-0.3, -0.25) is 0 Å². The van der Waals surface area contributed by atoms with E-state index in [1.54, 1.807) is 0 Å². The summed E-state index contributed by atoms with van der Waals surface area (Å²) in [6.07, 6.45) is 4.36. The summed E-state index contributed by atoms with van der Waals surface area (Å²) in [5.74, 6) is 1.19. The van der Waals surface area contributed by atoms with E-state index >= 15 is 0 Å². The highest BCUT2D eigenvalue weighted by Crippen LogP contribution is 2.34. The van der Waals surface area contributed by atoms with E-state index in [1.165, 1.54) is 0 Å². The molecule has 3 nitrogen and oxygen atoms in total. The molecule has 2 N–H and O–H groups in total. The van der Waals surface area contributed by atoms with Crippen LogP contribution in [-0.4, -0.2) is 11.0 Å². The SMILES string of the molecule is Cc1cc(Cl)cc2nc(C3CCCC(N)C3)oc12. The van der Waals surface area contributed by atoms with E-state index in [-0.39, 0.29) is 6.04 Å². The average Bonchev–Trinajstić information content (AvgIpc) is 2.73. The fourth-order valence-electron chi connectivity index (χ4n) is 2.80. The van der Waals surface area contributed by atoms with Crippen LogP contribution in [0.5, 0.6) is 0 Å². The van der Waals surface area contributed by atoms with Crippen molar-refractivity contribution >= 4 is 22.7 Å². The number of benzene rings is 1. The lowest BCUT2D eigenvalue weighted by molar-refractivity contribution is 0.342. The number of oxazole rings is 1. The third-order valence-corrected chi connectivity index (χ3v) is 3.94. The van der Waals surface area contributed by atoms with Gasteiger partial charge in [0.05, 0.1) is 0 Å². The second-order valence-corrected chi connectivity index (χ2v) is 5.68. The summed E-state index contributed by atoms with van der Waals surface area (Å²) in [4.78, 5) is 4.59. The maximum absolute atomic E-state index is 6.04. The Kier molecular flexibility index (Phi) is 3.04. The van der Waals surface area contributed by atoms with Gasteiger partial charge in [-0.1, -0.05) is 18.0 Å². The summed E-state index contributed by atoms with van der Waals surface area (Å²) in [6, 6.07) is 4.05. The van der Waals surface area contributed by atoms with E-state index < -0.39 is 0 Å². The summed E-state index contributed by atoms with van der Waals surface area (Å²) in [6.45, 7) is 2.00. The van der Waals surface area contributed by atoms with Gasteiger partial charge < -0.3 is 10.2 Å². The molecule has 1 fully saturated rings. The van der Waals surface area contributed by atoms with Crippen LogP contribution >= 0.6 is 11.6 Å². The predicted octanol–water partition coefficient (Wildman–Crippen LogP) is 3.77. The number of fused-ring (bicyclic) bond motifs is 1. The number of nitrogens with two attached hydrogens (primary N) is 1. The van der Waals surface area contributed by atoms with E-state index in [9.17, 15) is 0 Å². The third kappa shape index (κ3) is 2.13. The van der Waals surface area contributed by atoms with Gasteiger partial charge in [0, 0.05) is 17.0 Å². The van der Waals surface area contributed by atoms with Gasteiger partial charge in [0.2, 0.25) is 0 Å². The first-order chi connectivity index (χ1) is 8.63. The van der Waals surface area contributed by atoms with Crippen LogP contribution in [0, 0.1) is 6.92 Å². The highest BCUT2D eigenvalue weighted by atomic mass is 35.5. The van der Waals surface area contributed by atoms with Crippen LogP contribution in [0.2, 0.25) is 5.02 Å². The molecule has 1 aromatic carbocycles. The number of aromatic nitrogens is 1. The summed E-state index contributed by atoms with van der Waals surface area (Å²) in [7, 11) is 0. The second kappa shape index (κ2) is 4.56. The van der Waals surface area contributed by atoms with Gasteiger partial charge in [0.25, 0.3) is 0 Å². The van der Waals surface area contributed by atoms with E-state index in [2.05, 4.69) is 4.98 Å². The zero-order chi connectivity index (χ0) is 12.7. The molecule has 4 heteroatoms. The maximum Gasteiger partial charge on any atom is 0.198 e. The summed E-state index contributed by atoms with van der Waals surface area (Å²) < 4.78 is 5.92. The molecule has 0 spiro atoms. The molecule has 1 saturated carbocycles. The molecule has 2 atom stereocenters. The van der Waals surface area contributed by atoms with Crippen molar-refractivity contribution in [2.24, 2.45) is 5.73 Å². The molecule has 2 aromatic rings. The Balaban J connectivity index is 2.00. The normalized spacial score (nSPS) is 24.6. The molecule has 0 aliphatic heterocycles. The molecule has 1 aliphatic carbocycles. The first-order valence-electron chi connectivity index (χ1n) is 6.45. The van der Waals surface area contributed by atoms with E-state index in [1.807, 2.05) is 19.1 Å². The molecule has 0 saturated heterocycles. The molecule has 0 amide bonds. The Bertz CT molecular complexity index is 578. The Labute approximate surface area is 111 Å². The predicted molar refractivity (Wildman–Crippen MR) is 72.9 cm³/mol. The fraction of sp³-hybridized carbons (Fsp3) is 0.500. The van der Waals surface area contributed by atoms with Gasteiger partial charge >= 0.3 is 0 Å². The topological polar surface area (TPSA) is 52.0 Å². The van der Waals surface area contributed by atoms with Crippen LogP contribution in [0.1, 0.15) is 43.1 Å². The minimum absolute atomic E-state index is 0.281. The highest BCUT2D eigenvalue weighted by molar-refractivity contribution is 6.31. The number of hydrogen-bond acceptors (Lipinski definition) is 3. The number of rotatable bonds is 1. The van der Waals surface area contributed by atoms with Crippen LogP contribution in [0.15, 0.2) is 16.5 Å². The lowest BCUT2D eigenvalue weighted by atomic mass is 9.86. The van der Waals surface area contributed by atoms with Crippen molar-refractivity contribution in [2.75, 3.05) is 0 Å². The molecule has 3 rings (SSSR count). The molecule has 0 bridgehead atoms. The van der Waals surface area contributed by atoms with Crippen LogP contribution in [-0.2, 0) is 0 Å². The monoisotopic (exact) mass is 264 g/mol. The first-order valence-corrected chi connectivity index (χ1v) is 6.83. The van der Waals surface area contributed by atoms with Crippen molar-refractivity contribution in [1.29, 1.82) is 0 Å². The van der Waals surface area contributed by atoms with Gasteiger partial charge in [-0.15, -0.1) is 0 Å². The van der Waals surface area contributed by atoms with Crippen molar-refractivity contribution in [3.8, 4) is 0 Å². The lowest BCUT2D eigenvalue weighted by Crippen LogP contribution is -2.26. The molecule has 18 heavy (non-hydrogen) atoms. The lowest BCUT2D eigenvalue weighted by Gasteiger charge is -2.23. The molecule has 1 heterocycles. The smallest absolute Gasteiger partial charge is 0.198 e. The van der Waals surface area contributed by atoms with Crippen LogP contribution in [0.25, 0.3) is 11.1 Å². The summed E-state index contributed by atoms with van der Waals surface area (Å²) in [5, 5.41) is 0.709. The fourth-order valence-corrected chi connectivity index (χ4v) is 3.07. The zero-order valence-electron chi connectivity index (χ0n) is 10.4. The Morgan fingerprint density at radius 1 is 1.39 bits per heavy atom. The van der Waals surface area contributed by atoms with Crippen LogP contribution in [0.3, 0.4) is 0 Å². The maximum atomic E-state index is 6.04. The van der Waals surface area contributed by atoms with Gasteiger partial charge in [-0.25, -0.2) is 4.98 Å². The van der Waals surface area contributed by atoms with E-state index in [4.69, 9.17) is 21.8 Å². The molecule has 2 unspecified atom stereocenters. The van der Waals surface area contributed by atoms with Crippen molar-refractivity contribution in [3.05, 3.63) is 28.6 Å². The largest absolute Gasteiger partial charge is 0.440 e. The van der Waals surface area contributed by atoms with E-state index in [0.717, 1.165) is 48.2 Å². The number of aryl methyl sites for hydroxylation is 1. The van der Waals surface area contributed by atoms with Gasteiger partial charge in [-0.05, 0) is 43.9 Å². The van der Waals surface area contributed by atoms with Gasteiger partial charge in [-0.2, -0.15) is 0 Å². The number of nitrogens with zero attached hydrogens (tertiary/aromatic N) is 1. The van der Waals surface area contributed by atoms with E-state index in [0.29, 0.717) is 10.9 Å².